The first kappa shape index (κ1) is 19.2. The van der Waals surface area contributed by atoms with Gasteiger partial charge in [0.15, 0.2) is 5.82 Å². The molecule has 2 aliphatic heterocycles. The first-order valence-electron chi connectivity index (χ1n) is 9.18. The van der Waals surface area contributed by atoms with Gasteiger partial charge >= 0.3 is 5.97 Å². The molecule has 1 aromatic rings. The number of morpholine rings is 1. The van der Waals surface area contributed by atoms with Gasteiger partial charge in [0, 0.05) is 64.3 Å². The van der Waals surface area contributed by atoms with Gasteiger partial charge in [0.2, 0.25) is 0 Å². The van der Waals surface area contributed by atoms with Crippen LogP contribution in [0, 0.1) is 0 Å². The minimum absolute atomic E-state index is 0.119. The maximum absolute atomic E-state index is 10.8. The molecule has 0 radical (unpaired) electrons. The van der Waals surface area contributed by atoms with Gasteiger partial charge in [0.25, 0.3) is 0 Å². The molecular weight excluding hydrogens is 336 g/mol. The molecule has 1 spiro atoms. The molecule has 1 aromatic heterocycles. The highest BCUT2D eigenvalue weighted by atomic mass is 16.5. The summed E-state index contributed by atoms with van der Waals surface area (Å²) in [6.45, 7) is 6.16. The number of piperidine rings is 1. The number of likely N-dealkylation sites (tertiary alicyclic amines) is 1. The van der Waals surface area contributed by atoms with Crippen LogP contribution in [0.2, 0.25) is 0 Å². The Kier molecular flexibility index (Phi) is 6.53. The molecule has 8 heteroatoms. The number of rotatable bonds is 7. The third kappa shape index (κ3) is 5.20. The third-order valence-corrected chi connectivity index (χ3v) is 5.18. The van der Waals surface area contributed by atoms with Crippen LogP contribution in [0.15, 0.2) is 12.4 Å². The van der Waals surface area contributed by atoms with Gasteiger partial charge in [-0.25, -0.2) is 9.97 Å². The molecule has 26 heavy (non-hydrogen) atoms. The minimum atomic E-state index is -0.737. The first-order valence-corrected chi connectivity index (χ1v) is 9.18. The van der Waals surface area contributed by atoms with Crippen LogP contribution in [0.5, 0.6) is 0 Å². The van der Waals surface area contributed by atoms with Crippen LogP contribution in [0.1, 0.15) is 30.7 Å². The van der Waals surface area contributed by atoms with Crippen LogP contribution in [0.3, 0.4) is 0 Å². The van der Waals surface area contributed by atoms with Crippen LogP contribution < -0.4 is 0 Å². The largest absolute Gasteiger partial charge is 0.481 e. The topological polar surface area (TPSA) is 88.0 Å². The average molecular weight is 364 g/mol. The number of ether oxygens (including phenoxy) is 2. The number of methoxy groups -OCH3 is 1. The highest BCUT2D eigenvalue weighted by Gasteiger charge is 2.39. The number of carbonyl (C=O) groups is 1. The summed E-state index contributed by atoms with van der Waals surface area (Å²) in [5.41, 5.74) is 0.986. The maximum atomic E-state index is 10.8. The molecule has 3 heterocycles. The van der Waals surface area contributed by atoms with E-state index in [1.807, 2.05) is 12.4 Å². The van der Waals surface area contributed by atoms with Crippen LogP contribution in [-0.4, -0.2) is 82.9 Å². The smallest absolute Gasteiger partial charge is 0.304 e. The van der Waals surface area contributed by atoms with E-state index in [4.69, 9.17) is 14.6 Å². The van der Waals surface area contributed by atoms with E-state index in [9.17, 15) is 4.79 Å². The summed E-state index contributed by atoms with van der Waals surface area (Å²) in [6.07, 6.45) is 5.88. The highest BCUT2D eigenvalue weighted by Crippen LogP contribution is 2.30. The lowest BCUT2D eigenvalue weighted by Crippen LogP contribution is -2.56. The Labute approximate surface area is 154 Å². The normalized spacial score (nSPS) is 21.1. The number of nitrogens with zero attached hydrogens (tertiary/aromatic N) is 4. The predicted molar refractivity (Wildman–Crippen MR) is 94.6 cm³/mol. The number of carboxylic acid groups (broad SMARTS) is 1. The lowest BCUT2D eigenvalue weighted by atomic mass is 9.89. The van der Waals surface area contributed by atoms with E-state index in [0.717, 1.165) is 51.1 Å². The molecule has 0 atom stereocenters. The van der Waals surface area contributed by atoms with Crippen LogP contribution in [-0.2, 0) is 27.4 Å². The average Bonchev–Trinajstić information content (AvgIpc) is 2.64. The third-order valence-electron chi connectivity index (χ3n) is 5.18. The summed E-state index contributed by atoms with van der Waals surface area (Å²) >= 11 is 0. The quantitative estimate of drug-likeness (QED) is 0.759. The SMILES string of the molecule is COCc1ncc(CN2CCC3(CC2)CN(CCC(=O)O)CCO3)cn1. The number of carboxylic acids is 1. The maximum Gasteiger partial charge on any atom is 0.304 e. The van der Waals surface area contributed by atoms with Crippen molar-refractivity contribution in [1.82, 2.24) is 19.8 Å². The molecule has 144 valence electrons. The summed E-state index contributed by atoms with van der Waals surface area (Å²) in [5, 5.41) is 8.89. The molecule has 0 unspecified atom stereocenters. The monoisotopic (exact) mass is 364 g/mol. The van der Waals surface area contributed by atoms with Crippen molar-refractivity contribution in [2.75, 3.05) is 46.4 Å². The molecule has 3 rings (SSSR count). The molecule has 2 fully saturated rings. The predicted octanol–water partition coefficient (Wildman–Crippen LogP) is 0.765. The molecule has 0 saturated carbocycles. The van der Waals surface area contributed by atoms with Gasteiger partial charge in [-0.1, -0.05) is 0 Å². The second-order valence-corrected chi connectivity index (χ2v) is 7.17. The van der Waals surface area contributed by atoms with Gasteiger partial charge in [-0.05, 0) is 12.8 Å². The summed E-state index contributed by atoms with van der Waals surface area (Å²) < 4.78 is 11.2. The highest BCUT2D eigenvalue weighted by molar-refractivity contribution is 5.66. The first-order chi connectivity index (χ1) is 12.6. The van der Waals surface area contributed by atoms with Crippen molar-refractivity contribution in [2.24, 2.45) is 0 Å². The number of hydrogen-bond donors (Lipinski definition) is 1. The van der Waals surface area contributed by atoms with E-state index >= 15 is 0 Å². The molecule has 0 amide bonds. The molecule has 1 N–H and O–H groups in total. The van der Waals surface area contributed by atoms with Crippen molar-refractivity contribution < 1.29 is 19.4 Å². The number of hydrogen-bond acceptors (Lipinski definition) is 7. The Morgan fingerprint density at radius 2 is 2.00 bits per heavy atom. The van der Waals surface area contributed by atoms with E-state index in [1.54, 1.807) is 7.11 Å². The fraction of sp³-hybridized carbons (Fsp3) is 0.722. The van der Waals surface area contributed by atoms with E-state index < -0.39 is 5.97 Å². The van der Waals surface area contributed by atoms with Gasteiger partial charge < -0.3 is 14.6 Å². The second-order valence-electron chi connectivity index (χ2n) is 7.17. The summed E-state index contributed by atoms with van der Waals surface area (Å²) in [5.74, 6) is -0.0370. The number of aromatic nitrogens is 2. The van der Waals surface area contributed by atoms with Crippen LogP contribution in [0.4, 0.5) is 0 Å². The van der Waals surface area contributed by atoms with Crippen molar-refractivity contribution in [3.05, 3.63) is 23.8 Å². The standard InChI is InChI=1S/C18H28N4O4/c1-25-13-16-19-10-15(11-20-16)12-21-6-3-18(4-7-21)14-22(8-9-26-18)5-2-17(23)24/h10-11H,2-9,12-14H2,1H3,(H,23,24). The summed E-state index contributed by atoms with van der Waals surface area (Å²) in [4.78, 5) is 24.1. The summed E-state index contributed by atoms with van der Waals surface area (Å²) in [6, 6.07) is 0. The van der Waals surface area contributed by atoms with Crippen molar-refractivity contribution in [3.8, 4) is 0 Å². The molecule has 0 bridgehead atoms. The Morgan fingerprint density at radius 3 is 2.65 bits per heavy atom. The van der Waals surface area contributed by atoms with E-state index in [1.165, 1.54) is 0 Å². The van der Waals surface area contributed by atoms with Crippen molar-refractivity contribution in [3.63, 3.8) is 0 Å². The van der Waals surface area contributed by atoms with Crippen LogP contribution in [0.25, 0.3) is 0 Å². The lowest BCUT2D eigenvalue weighted by Gasteiger charge is -2.47. The molecule has 0 aliphatic carbocycles. The van der Waals surface area contributed by atoms with E-state index in [0.29, 0.717) is 25.6 Å². The van der Waals surface area contributed by atoms with Gasteiger partial charge in [-0.2, -0.15) is 0 Å². The molecule has 0 aromatic carbocycles. The molecule has 2 saturated heterocycles. The van der Waals surface area contributed by atoms with Gasteiger partial charge in [0.1, 0.15) is 6.61 Å². The van der Waals surface area contributed by atoms with E-state index in [2.05, 4.69) is 19.8 Å². The molecule has 2 aliphatic rings. The van der Waals surface area contributed by atoms with Crippen molar-refractivity contribution in [2.45, 2.75) is 38.0 Å². The Morgan fingerprint density at radius 1 is 1.27 bits per heavy atom. The Bertz CT molecular complexity index is 587. The summed E-state index contributed by atoms with van der Waals surface area (Å²) in [7, 11) is 1.64. The molecule has 8 nitrogen and oxygen atoms in total. The zero-order valence-electron chi connectivity index (χ0n) is 15.4. The van der Waals surface area contributed by atoms with Gasteiger partial charge in [0.05, 0.1) is 18.6 Å². The Balaban J connectivity index is 1.48. The fourth-order valence-corrected chi connectivity index (χ4v) is 3.71. The van der Waals surface area contributed by atoms with Crippen molar-refractivity contribution >= 4 is 5.97 Å². The lowest BCUT2D eigenvalue weighted by molar-refractivity contribution is -0.144. The van der Waals surface area contributed by atoms with Crippen molar-refractivity contribution in [1.29, 1.82) is 0 Å². The fourth-order valence-electron chi connectivity index (χ4n) is 3.71. The zero-order valence-corrected chi connectivity index (χ0v) is 15.4. The van der Waals surface area contributed by atoms with Crippen LogP contribution >= 0.6 is 0 Å². The number of aliphatic carboxylic acids is 1. The van der Waals surface area contributed by atoms with Gasteiger partial charge in [-0.15, -0.1) is 0 Å². The zero-order chi connectivity index (χ0) is 18.4. The second kappa shape index (κ2) is 8.85. The minimum Gasteiger partial charge on any atom is -0.481 e. The molecular formula is C18H28N4O4. The van der Waals surface area contributed by atoms with Gasteiger partial charge in [-0.3, -0.25) is 14.6 Å². The Hall–Kier alpha value is -1.61. The van der Waals surface area contributed by atoms with E-state index in [-0.39, 0.29) is 12.0 Å².